The highest BCUT2D eigenvalue weighted by Crippen LogP contribution is 2.21. The van der Waals surface area contributed by atoms with Gasteiger partial charge in [-0.25, -0.2) is 0 Å². The Morgan fingerprint density at radius 2 is 2.11 bits per heavy atom. The quantitative estimate of drug-likeness (QED) is 0.462. The van der Waals surface area contributed by atoms with Crippen molar-refractivity contribution in [3.8, 4) is 11.4 Å². The van der Waals surface area contributed by atoms with Crippen LogP contribution in [0.1, 0.15) is 30.3 Å². The molecule has 0 atom stereocenters. The molecule has 0 aliphatic rings. The number of non-ortho nitro benzene ring substituents is 1. The molecule has 2 heterocycles. The standard InChI is InChI=1S/C18H18N4O5/c1-12(2)21(18(23)15-7-4-10-26-15)9-8-16-19-17(20-27-16)13-5-3-6-14(11-13)22(24)25/h3-7,10-12H,8-9H2,1-2H3. The summed E-state index contributed by atoms with van der Waals surface area (Å²) in [5, 5.41) is 14.8. The second-order valence-electron chi connectivity index (χ2n) is 6.14. The van der Waals surface area contributed by atoms with Gasteiger partial charge in [-0.2, -0.15) is 4.98 Å². The molecule has 0 bridgehead atoms. The number of carbonyl (C=O) groups is 1. The highest BCUT2D eigenvalue weighted by atomic mass is 16.6. The van der Waals surface area contributed by atoms with Crippen LogP contribution in [-0.4, -0.2) is 38.5 Å². The minimum atomic E-state index is -0.481. The first-order valence-corrected chi connectivity index (χ1v) is 8.37. The number of hydrogen-bond acceptors (Lipinski definition) is 7. The molecule has 3 rings (SSSR count). The molecule has 1 amide bonds. The lowest BCUT2D eigenvalue weighted by atomic mass is 10.2. The normalized spacial score (nSPS) is 10.9. The minimum absolute atomic E-state index is 0.0400. The average molecular weight is 370 g/mol. The largest absolute Gasteiger partial charge is 0.459 e. The van der Waals surface area contributed by atoms with E-state index in [-0.39, 0.29) is 29.2 Å². The molecule has 0 aliphatic heterocycles. The Morgan fingerprint density at radius 1 is 1.30 bits per heavy atom. The fourth-order valence-electron chi connectivity index (χ4n) is 2.58. The van der Waals surface area contributed by atoms with Crippen LogP contribution in [-0.2, 0) is 6.42 Å². The topological polar surface area (TPSA) is 116 Å². The van der Waals surface area contributed by atoms with E-state index in [9.17, 15) is 14.9 Å². The Balaban J connectivity index is 1.70. The van der Waals surface area contributed by atoms with Gasteiger partial charge in [0, 0.05) is 36.7 Å². The molecule has 140 valence electrons. The second-order valence-corrected chi connectivity index (χ2v) is 6.14. The van der Waals surface area contributed by atoms with Crippen molar-refractivity contribution < 1.29 is 18.7 Å². The number of rotatable bonds is 7. The highest BCUT2D eigenvalue weighted by Gasteiger charge is 2.22. The number of aromatic nitrogens is 2. The van der Waals surface area contributed by atoms with Crippen LogP contribution in [0.4, 0.5) is 5.69 Å². The number of furan rings is 1. The fraction of sp³-hybridized carbons (Fsp3) is 0.278. The lowest BCUT2D eigenvalue weighted by molar-refractivity contribution is -0.384. The van der Waals surface area contributed by atoms with Gasteiger partial charge < -0.3 is 13.8 Å². The van der Waals surface area contributed by atoms with Gasteiger partial charge in [0.25, 0.3) is 11.6 Å². The molecule has 0 saturated heterocycles. The smallest absolute Gasteiger partial charge is 0.289 e. The van der Waals surface area contributed by atoms with Gasteiger partial charge in [0.1, 0.15) is 0 Å². The van der Waals surface area contributed by atoms with Gasteiger partial charge in [-0.05, 0) is 26.0 Å². The summed E-state index contributed by atoms with van der Waals surface area (Å²) in [6.07, 6.45) is 1.81. The molecule has 0 aliphatic carbocycles. The summed E-state index contributed by atoms with van der Waals surface area (Å²) in [5.74, 6) is 0.663. The zero-order chi connectivity index (χ0) is 19.4. The van der Waals surface area contributed by atoms with Gasteiger partial charge in [0.15, 0.2) is 5.76 Å². The summed E-state index contributed by atoms with van der Waals surface area (Å²) in [5.41, 5.74) is 0.445. The van der Waals surface area contributed by atoms with Crippen LogP contribution < -0.4 is 0 Å². The first kappa shape index (κ1) is 18.3. The first-order valence-electron chi connectivity index (χ1n) is 8.37. The number of hydrogen-bond donors (Lipinski definition) is 0. The predicted molar refractivity (Wildman–Crippen MR) is 95.0 cm³/mol. The predicted octanol–water partition coefficient (Wildman–Crippen LogP) is 3.33. The maximum atomic E-state index is 12.5. The summed E-state index contributed by atoms with van der Waals surface area (Å²) in [7, 11) is 0. The number of nitro benzene ring substituents is 1. The SMILES string of the molecule is CC(C)N(CCc1nc(-c2cccc([N+](=O)[O-])c2)no1)C(=O)c1ccco1. The van der Waals surface area contributed by atoms with E-state index in [4.69, 9.17) is 8.94 Å². The minimum Gasteiger partial charge on any atom is -0.459 e. The molecule has 0 saturated carbocycles. The summed E-state index contributed by atoms with van der Waals surface area (Å²) in [4.78, 5) is 28.8. The van der Waals surface area contributed by atoms with Crippen LogP contribution >= 0.6 is 0 Å². The van der Waals surface area contributed by atoms with Crippen LogP contribution in [0.25, 0.3) is 11.4 Å². The summed E-state index contributed by atoms with van der Waals surface area (Å²) >= 11 is 0. The molecule has 9 heteroatoms. The van der Waals surface area contributed by atoms with Crippen molar-refractivity contribution in [2.24, 2.45) is 0 Å². The van der Waals surface area contributed by atoms with Crippen LogP contribution in [0.5, 0.6) is 0 Å². The third-order valence-corrected chi connectivity index (χ3v) is 3.97. The third kappa shape index (κ3) is 4.20. The van der Waals surface area contributed by atoms with Gasteiger partial charge >= 0.3 is 0 Å². The van der Waals surface area contributed by atoms with E-state index >= 15 is 0 Å². The Bertz CT molecular complexity index is 933. The molecule has 0 spiro atoms. The molecule has 1 aromatic carbocycles. The second kappa shape index (κ2) is 7.81. The summed E-state index contributed by atoms with van der Waals surface area (Å²) in [6, 6.07) is 9.25. The van der Waals surface area contributed by atoms with Crippen molar-refractivity contribution in [2.45, 2.75) is 26.3 Å². The van der Waals surface area contributed by atoms with Gasteiger partial charge in [0.2, 0.25) is 11.7 Å². The van der Waals surface area contributed by atoms with Gasteiger partial charge in [-0.3, -0.25) is 14.9 Å². The van der Waals surface area contributed by atoms with Gasteiger partial charge in [-0.1, -0.05) is 17.3 Å². The lowest BCUT2D eigenvalue weighted by Crippen LogP contribution is -2.38. The highest BCUT2D eigenvalue weighted by molar-refractivity contribution is 5.91. The van der Waals surface area contributed by atoms with Crippen molar-refractivity contribution in [3.05, 3.63) is 64.4 Å². The average Bonchev–Trinajstić information content (AvgIpc) is 3.33. The van der Waals surface area contributed by atoms with E-state index in [1.807, 2.05) is 13.8 Å². The Kier molecular flexibility index (Phi) is 5.30. The Hall–Kier alpha value is -3.49. The molecular weight excluding hydrogens is 352 g/mol. The molecule has 2 aromatic heterocycles. The van der Waals surface area contributed by atoms with Crippen LogP contribution in [0.2, 0.25) is 0 Å². The maximum absolute atomic E-state index is 12.5. The van der Waals surface area contributed by atoms with Crippen molar-refractivity contribution in [1.29, 1.82) is 0 Å². The molecular formula is C18H18N4O5. The number of nitrogens with zero attached hydrogens (tertiary/aromatic N) is 4. The lowest BCUT2D eigenvalue weighted by Gasteiger charge is -2.25. The van der Waals surface area contributed by atoms with Crippen molar-refractivity contribution in [1.82, 2.24) is 15.0 Å². The van der Waals surface area contributed by atoms with Crippen LogP contribution in [0, 0.1) is 10.1 Å². The van der Waals surface area contributed by atoms with E-state index in [1.54, 1.807) is 29.2 Å². The molecule has 0 unspecified atom stereocenters. The van der Waals surface area contributed by atoms with E-state index < -0.39 is 4.92 Å². The number of benzene rings is 1. The van der Waals surface area contributed by atoms with Crippen LogP contribution in [0.3, 0.4) is 0 Å². The number of carbonyl (C=O) groups excluding carboxylic acids is 1. The molecule has 0 N–H and O–H groups in total. The molecule has 3 aromatic rings. The van der Waals surface area contributed by atoms with E-state index in [1.165, 1.54) is 18.4 Å². The summed E-state index contributed by atoms with van der Waals surface area (Å²) in [6.45, 7) is 4.18. The van der Waals surface area contributed by atoms with Crippen LogP contribution in [0.15, 0.2) is 51.6 Å². The Morgan fingerprint density at radius 3 is 2.78 bits per heavy atom. The summed E-state index contributed by atoms with van der Waals surface area (Å²) < 4.78 is 10.4. The first-order chi connectivity index (χ1) is 13.0. The zero-order valence-electron chi connectivity index (χ0n) is 14.9. The third-order valence-electron chi connectivity index (χ3n) is 3.97. The number of amides is 1. The Labute approximate surface area is 154 Å². The fourth-order valence-corrected chi connectivity index (χ4v) is 2.58. The molecule has 0 fully saturated rings. The van der Waals surface area contributed by atoms with Crippen molar-refractivity contribution >= 4 is 11.6 Å². The van der Waals surface area contributed by atoms with Crippen molar-refractivity contribution in [3.63, 3.8) is 0 Å². The van der Waals surface area contributed by atoms with E-state index in [0.717, 1.165) is 0 Å². The monoisotopic (exact) mass is 370 g/mol. The number of nitro groups is 1. The molecule has 27 heavy (non-hydrogen) atoms. The van der Waals surface area contributed by atoms with Crippen molar-refractivity contribution in [2.75, 3.05) is 6.54 Å². The molecule has 0 radical (unpaired) electrons. The van der Waals surface area contributed by atoms with Gasteiger partial charge in [0.05, 0.1) is 11.2 Å². The van der Waals surface area contributed by atoms with Gasteiger partial charge in [-0.15, -0.1) is 0 Å². The molecule has 9 nitrogen and oxygen atoms in total. The maximum Gasteiger partial charge on any atom is 0.289 e. The van der Waals surface area contributed by atoms with E-state index in [0.29, 0.717) is 24.4 Å². The zero-order valence-corrected chi connectivity index (χ0v) is 14.9. The van der Waals surface area contributed by atoms with E-state index in [2.05, 4.69) is 10.1 Å².